The number of para-hydroxylation sites is 1. The molecule has 3 aromatic rings. The highest BCUT2D eigenvalue weighted by atomic mass is 79.9. The van der Waals surface area contributed by atoms with Crippen molar-refractivity contribution < 1.29 is 19.1 Å². The van der Waals surface area contributed by atoms with Gasteiger partial charge in [-0.15, -0.1) is 0 Å². The summed E-state index contributed by atoms with van der Waals surface area (Å²) in [7, 11) is 0. The SMILES string of the molecule is O=C(COC(=O)COc1ccc(Cl)cc1Br)Nc1ccccc1-c1ccccc1. The fraction of sp³-hybridized carbons (Fsp3) is 0.0909. The highest BCUT2D eigenvalue weighted by Gasteiger charge is 2.12. The average molecular weight is 475 g/mol. The Kier molecular flexibility index (Phi) is 7.27. The third-order valence-electron chi connectivity index (χ3n) is 3.89. The molecule has 0 unspecified atom stereocenters. The Bertz CT molecular complexity index is 1010. The number of rotatable bonds is 7. The second kappa shape index (κ2) is 10.1. The first-order chi connectivity index (χ1) is 14.0. The van der Waals surface area contributed by atoms with Crippen LogP contribution in [0.1, 0.15) is 0 Å². The molecule has 0 bridgehead atoms. The molecule has 3 aromatic carbocycles. The van der Waals surface area contributed by atoms with E-state index in [0.29, 0.717) is 20.9 Å². The highest BCUT2D eigenvalue weighted by molar-refractivity contribution is 9.10. The van der Waals surface area contributed by atoms with Gasteiger partial charge in [0.1, 0.15) is 5.75 Å². The van der Waals surface area contributed by atoms with E-state index in [-0.39, 0.29) is 6.61 Å². The average Bonchev–Trinajstić information content (AvgIpc) is 2.72. The van der Waals surface area contributed by atoms with Crippen LogP contribution in [0.2, 0.25) is 5.02 Å². The third kappa shape index (κ3) is 6.07. The van der Waals surface area contributed by atoms with Gasteiger partial charge in [0.25, 0.3) is 5.91 Å². The zero-order valence-electron chi connectivity index (χ0n) is 15.2. The summed E-state index contributed by atoms with van der Waals surface area (Å²) >= 11 is 9.16. The van der Waals surface area contributed by atoms with Gasteiger partial charge in [-0.2, -0.15) is 0 Å². The molecule has 0 fully saturated rings. The van der Waals surface area contributed by atoms with Crippen molar-refractivity contribution in [3.63, 3.8) is 0 Å². The Labute approximate surface area is 181 Å². The van der Waals surface area contributed by atoms with E-state index in [9.17, 15) is 9.59 Å². The number of halogens is 2. The summed E-state index contributed by atoms with van der Waals surface area (Å²) in [6.07, 6.45) is 0. The van der Waals surface area contributed by atoms with Gasteiger partial charge in [-0.25, -0.2) is 4.79 Å². The number of ether oxygens (including phenoxy) is 2. The fourth-order valence-corrected chi connectivity index (χ4v) is 3.36. The summed E-state index contributed by atoms with van der Waals surface area (Å²) in [5.41, 5.74) is 2.49. The zero-order chi connectivity index (χ0) is 20.6. The van der Waals surface area contributed by atoms with E-state index in [1.807, 2.05) is 48.5 Å². The lowest BCUT2D eigenvalue weighted by Crippen LogP contribution is -2.24. The number of nitrogens with one attached hydrogen (secondary N) is 1. The summed E-state index contributed by atoms with van der Waals surface area (Å²) in [6.45, 7) is -0.735. The van der Waals surface area contributed by atoms with Crippen LogP contribution in [0.15, 0.2) is 77.3 Å². The van der Waals surface area contributed by atoms with E-state index < -0.39 is 18.5 Å². The van der Waals surface area contributed by atoms with Crippen molar-refractivity contribution in [2.45, 2.75) is 0 Å². The van der Waals surface area contributed by atoms with Crippen molar-refractivity contribution >= 4 is 45.1 Å². The lowest BCUT2D eigenvalue weighted by atomic mass is 10.0. The first kappa shape index (κ1) is 20.9. The number of esters is 1. The number of carbonyl (C=O) groups excluding carboxylic acids is 2. The number of amides is 1. The number of hydrogen-bond acceptors (Lipinski definition) is 4. The molecule has 0 aliphatic carbocycles. The number of benzene rings is 3. The Hall–Kier alpha value is -2.83. The molecule has 7 heteroatoms. The van der Waals surface area contributed by atoms with Crippen molar-refractivity contribution in [2.75, 3.05) is 18.5 Å². The Morgan fingerprint density at radius 2 is 1.66 bits per heavy atom. The molecule has 3 rings (SSSR count). The second-order valence-electron chi connectivity index (χ2n) is 5.98. The van der Waals surface area contributed by atoms with Gasteiger partial charge >= 0.3 is 5.97 Å². The van der Waals surface area contributed by atoms with Crippen molar-refractivity contribution in [1.82, 2.24) is 0 Å². The minimum Gasteiger partial charge on any atom is -0.481 e. The van der Waals surface area contributed by atoms with Crippen LogP contribution in [0, 0.1) is 0 Å². The zero-order valence-corrected chi connectivity index (χ0v) is 17.6. The first-order valence-corrected chi connectivity index (χ1v) is 9.88. The van der Waals surface area contributed by atoms with Gasteiger partial charge in [0.15, 0.2) is 13.2 Å². The monoisotopic (exact) mass is 473 g/mol. The minimum atomic E-state index is -0.654. The molecule has 5 nitrogen and oxygen atoms in total. The van der Waals surface area contributed by atoms with Crippen LogP contribution >= 0.6 is 27.5 Å². The smallest absolute Gasteiger partial charge is 0.344 e. The van der Waals surface area contributed by atoms with E-state index in [2.05, 4.69) is 21.2 Å². The third-order valence-corrected chi connectivity index (χ3v) is 4.74. The predicted octanol–water partition coefficient (Wildman–Crippen LogP) is 5.33. The van der Waals surface area contributed by atoms with Crippen LogP contribution in [0.25, 0.3) is 11.1 Å². The van der Waals surface area contributed by atoms with Gasteiger partial charge in [0.05, 0.1) is 4.47 Å². The molecule has 0 aliphatic heterocycles. The maximum atomic E-state index is 12.2. The molecule has 29 heavy (non-hydrogen) atoms. The van der Waals surface area contributed by atoms with Crippen molar-refractivity contribution in [1.29, 1.82) is 0 Å². The van der Waals surface area contributed by atoms with Gasteiger partial charge in [-0.05, 0) is 45.8 Å². The van der Waals surface area contributed by atoms with Crippen molar-refractivity contribution in [3.05, 3.63) is 82.3 Å². The van der Waals surface area contributed by atoms with Gasteiger partial charge < -0.3 is 14.8 Å². The molecule has 0 aromatic heterocycles. The Morgan fingerprint density at radius 3 is 2.41 bits per heavy atom. The van der Waals surface area contributed by atoms with E-state index >= 15 is 0 Å². The van der Waals surface area contributed by atoms with Crippen molar-refractivity contribution in [2.24, 2.45) is 0 Å². The van der Waals surface area contributed by atoms with E-state index in [1.54, 1.807) is 24.3 Å². The maximum Gasteiger partial charge on any atom is 0.344 e. The first-order valence-electron chi connectivity index (χ1n) is 8.70. The lowest BCUT2D eigenvalue weighted by molar-refractivity contribution is -0.149. The number of anilines is 1. The summed E-state index contributed by atoms with van der Waals surface area (Å²) in [5.74, 6) is -0.639. The van der Waals surface area contributed by atoms with Crippen LogP contribution in [-0.2, 0) is 14.3 Å². The van der Waals surface area contributed by atoms with Crippen LogP contribution < -0.4 is 10.1 Å². The summed E-state index contributed by atoms with van der Waals surface area (Å²) < 4.78 is 11.0. The molecule has 1 amide bonds. The van der Waals surface area contributed by atoms with Crippen molar-refractivity contribution in [3.8, 4) is 16.9 Å². The standard InChI is InChI=1S/C22H17BrClNO4/c23-18-12-16(24)10-11-20(18)28-14-22(27)29-13-21(26)25-19-9-5-4-8-17(19)15-6-2-1-3-7-15/h1-12H,13-14H2,(H,25,26). The van der Waals surface area contributed by atoms with Gasteiger partial charge in [0, 0.05) is 16.3 Å². The Morgan fingerprint density at radius 1 is 0.931 bits per heavy atom. The molecule has 0 saturated carbocycles. The van der Waals surface area contributed by atoms with E-state index in [1.165, 1.54) is 0 Å². The summed E-state index contributed by atoms with van der Waals surface area (Å²) in [5, 5.41) is 3.32. The largest absolute Gasteiger partial charge is 0.481 e. The molecular weight excluding hydrogens is 458 g/mol. The number of carbonyl (C=O) groups is 2. The van der Waals surface area contributed by atoms with Gasteiger partial charge in [-0.1, -0.05) is 60.1 Å². The lowest BCUT2D eigenvalue weighted by Gasteiger charge is -2.12. The molecule has 0 atom stereocenters. The highest BCUT2D eigenvalue weighted by Crippen LogP contribution is 2.28. The molecule has 148 valence electrons. The normalized spacial score (nSPS) is 10.3. The molecule has 0 aliphatic rings. The summed E-state index contributed by atoms with van der Waals surface area (Å²) in [4.78, 5) is 24.1. The van der Waals surface area contributed by atoms with Crippen LogP contribution in [0.4, 0.5) is 5.69 Å². The van der Waals surface area contributed by atoms with E-state index in [0.717, 1.165) is 11.1 Å². The van der Waals surface area contributed by atoms with Crippen LogP contribution in [0.5, 0.6) is 5.75 Å². The van der Waals surface area contributed by atoms with E-state index in [4.69, 9.17) is 21.1 Å². The second-order valence-corrected chi connectivity index (χ2v) is 7.27. The summed E-state index contributed by atoms with van der Waals surface area (Å²) in [6, 6.07) is 22.0. The maximum absolute atomic E-state index is 12.2. The molecule has 0 saturated heterocycles. The molecule has 0 heterocycles. The topological polar surface area (TPSA) is 64.6 Å². The van der Waals surface area contributed by atoms with Gasteiger partial charge in [-0.3, -0.25) is 4.79 Å². The Balaban J connectivity index is 1.52. The number of hydrogen-bond donors (Lipinski definition) is 1. The molecule has 1 N–H and O–H groups in total. The molecule has 0 spiro atoms. The van der Waals surface area contributed by atoms with Gasteiger partial charge in [0.2, 0.25) is 0 Å². The fourth-order valence-electron chi connectivity index (χ4n) is 2.56. The van der Waals surface area contributed by atoms with Crippen LogP contribution in [0.3, 0.4) is 0 Å². The minimum absolute atomic E-state index is 0.325. The van der Waals surface area contributed by atoms with Crippen LogP contribution in [-0.4, -0.2) is 25.1 Å². The predicted molar refractivity (Wildman–Crippen MR) is 116 cm³/mol. The quantitative estimate of drug-likeness (QED) is 0.470. The molecule has 0 radical (unpaired) electrons. The molecular formula is C22H17BrClNO4.